The van der Waals surface area contributed by atoms with Crippen LogP contribution in [-0.4, -0.2) is 66.3 Å². The molecule has 2 N–H and O–H groups in total. The van der Waals surface area contributed by atoms with Gasteiger partial charge in [-0.15, -0.1) is 0 Å². The highest BCUT2D eigenvalue weighted by Crippen LogP contribution is 2.21. The average Bonchev–Trinajstić information content (AvgIpc) is 2.34. The molecule has 0 spiro atoms. The number of urea groups is 1. The average molecular weight is 299 g/mol. The van der Waals surface area contributed by atoms with E-state index >= 15 is 0 Å². The highest BCUT2D eigenvalue weighted by molar-refractivity contribution is 5.74. The van der Waals surface area contributed by atoms with E-state index < -0.39 is 0 Å². The molecule has 21 heavy (non-hydrogen) atoms. The van der Waals surface area contributed by atoms with Crippen LogP contribution in [0.5, 0.6) is 0 Å². The first-order valence-electron chi connectivity index (χ1n) is 8.13. The van der Waals surface area contributed by atoms with Gasteiger partial charge in [-0.1, -0.05) is 27.7 Å². The van der Waals surface area contributed by atoms with Gasteiger partial charge in [0.1, 0.15) is 0 Å². The van der Waals surface area contributed by atoms with Crippen LogP contribution in [0.4, 0.5) is 4.79 Å². The van der Waals surface area contributed by atoms with Crippen molar-refractivity contribution in [3.8, 4) is 0 Å². The van der Waals surface area contributed by atoms with E-state index in [1.54, 1.807) is 6.92 Å². The number of nitrogens with zero attached hydrogens (tertiary/aromatic N) is 2. The van der Waals surface area contributed by atoms with Crippen molar-refractivity contribution in [1.29, 1.82) is 0 Å². The molecule has 1 atom stereocenters. The molecule has 2 amide bonds. The van der Waals surface area contributed by atoms with Crippen LogP contribution in [-0.2, 0) is 0 Å². The molecule has 1 aliphatic heterocycles. The lowest BCUT2D eigenvalue weighted by atomic mass is 9.87. The molecule has 5 heteroatoms. The topological polar surface area (TPSA) is 55.8 Å². The summed E-state index contributed by atoms with van der Waals surface area (Å²) < 4.78 is 0. The zero-order valence-electron chi connectivity index (χ0n) is 14.4. The molecule has 124 valence electrons. The van der Waals surface area contributed by atoms with E-state index in [1.807, 2.05) is 4.90 Å². The first-order chi connectivity index (χ1) is 9.69. The summed E-state index contributed by atoms with van der Waals surface area (Å²) in [6.45, 7) is 15.6. The van der Waals surface area contributed by atoms with E-state index in [-0.39, 0.29) is 17.6 Å². The van der Waals surface area contributed by atoms with Gasteiger partial charge in [0, 0.05) is 39.3 Å². The summed E-state index contributed by atoms with van der Waals surface area (Å²) >= 11 is 0. The first kappa shape index (κ1) is 18.2. The lowest BCUT2D eigenvalue weighted by Gasteiger charge is -2.36. The summed E-state index contributed by atoms with van der Waals surface area (Å²) in [5.41, 5.74) is -0.0801. The number of carbonyl (C=O) groups is 1. The molecule has 1 heterocycles. The van der Waals surface area contributed by atoms with Crippen LogP contribution >= 0.6 is 0 Å². The Hall–Kier alpha value is -0.810. The quantitative estimate of drug-likeness (QED) is 0.786. The maximum absolute atomic E-state index is 12.2. The van der Waals surface area contributed by atoms with E-state index in [2.05, 4.69) is 37.9 Å². The number of aliphatic hydroxyl groups is 1. The molecule has 0 aliphatic carbocycles. The lowest BCUT2D eigenvalue weighted by molar-refractivity contribution is 0.116. The number of aliphatic hydroxyl groups excluding tert-OH is 1. The molecule has 1 saturated heterocycles. The zero-order valence-corrected chi connectivity index (χ0v) is 14.4. The highest BCUT2D eigenvalue weighted by Gasteiger charge is 2.25. The van der Waals surface area contributed by atoms with Crippen LogP contribution in [0.2, 0.25) is 0 Å². The molecule has 0 radical (unpaired) electrons. The molecule has 1 aliphatic rings. The number of nitrogens with one attached hydrogen (secondary N) is 1. The van der Waals surface area contributed by atoms with Gasteiger partial charge >= 0.3 is 6.03 Å². The molecular formula is C16H33N3O2. The number of hydrogen-bond acceptors (Lipinski definition) is 3. The second kappa shape index (κ2) is 7.99. The largest absolute Gasteiger partial charge is 0.393 e. The van der Waals surface area contributed by atoms with E-state index in [0.717, 1.165) is 32.7 Å². The Morgan fingerprint density at radius 2 is 1.76 bits per heavy atom. The monoisotopic (exact) mass is 299 g/mol. The first-order valence-corrected chi connectivity index (χ1v) is 8.13. The van der Waals surface area contributed by atoms with Crippen molar-refractivity contribution in [2.45, 2.75) is 47.1 Å². The van der Waals surface area contributed by atoms with Crippen molar-refractivity contribution in [3.05, 3.63) is 0 Å². The molecular weight excluding hydrogens is 266 g/mol. The third-order valence-corrected chi connectivity index (χ3v) is 3.85. The molecule has 1 rings (SSSR count). The Kier molecular flexibility index (Phi) is 6.94. The smallest absolute Gasteiger partial charge is 0.317 e. The second-order valence-electron chi connectivity index (χ2n) is 7.56. The predicted molar refractivity (Wildman–Crippen MR) is 86.3 cm³/mol. The predicted octanol–water partition coefficient (Wildman–Crippen LogP) is 1.77. The molecule has 0 aromatic carbocycles. The summed E-state index contributed by atoms with van der Waals surface area (Å²) in [5.74, 6) is 0.673. The normalized spacial score (nSPS) is 18.9. The maximum Gasteiger partial charge on any atom is 0.317 e. The summed E-state index contributed by atoms with van der Waals surface area (Å²) in [7, 11) is 0. The summed E-state index contributed by atoms with van der Waals surface area (Å²) in [4.78, 5) is 16.5. The molecule has 0 aromatic rings. The fourth-order valence-electron chi connectivity index (χ4n) is 2.95. The summed E-state index contributed by atoms with van der Waals surface area (Å²) in [6, 6.07) is 0.0258. The number of piperazine rings is 1. The fourth-order valence-corrected chi connectivity index (χ4v) is 2.95. The Balaban J connectivity index is 2.31. The van der Waals surface area contributed by atoms with Crippen molar-refractivity contribution < 1.29 is 9.90 Å². The van der Waals surface area contributed by atoms with Crippen molar-refractivity contribution in [3.63, 3.8) is 0 Å². The van der Waals surface area contributed by atoms with Gasteiger partial charge < -0.3 is 15.3 Å². The van der Waals surface area contributed by atoms with Crippen molar-refractivity contribution >= 4 is 6.03 Å². The van der Waals surface area contributed by atoms with E-state index in [0.29, 0.717) is 18.9 Å². The summed E-state index contributed by atoms with van der Waals surface area (Å²) in [5, 5.41) is 12.5. The maximum atomic E-state index is 12.2. The Bertz CT molecular complexity index is 321. The van der Waals surface area contributed by atoms with Crippen LogP contribution < -0.4 is 5.32 Å². The number of rotatable bonds is 6. The highest BCUT2D eigenvalue weighted by atomic mass is 16.3. The second-order valence-corrected chi connectivity index (χ2v) is 7.56. The SMILES string of the molecule is CC(C)CN1CCN(C(=O)NCC(C)(C)CC(C)O)CC1. The minimum Gasteiger partial charge on any atom is -0.393 e. The van der Waals surface area contributed by atoms with Gasteiger partial charge in [-0.3, -0.25) is 4.90 Å². The van der Waals surface area contributed by atoms with E-state index in [4.69, 9.17) is 0 Å². The minimum atomic E-state index is -0.337. The minimum absolute atomic E-state index is 0.0258. The van der Waals surface area contributed by atoms with Gasteiger partial charge in [-0.2, -0.15) is 0 Å². The van der Waals surface area contributed by atoms with Gasteiger partial charge in [0.15, 0.2) is 0 Å². The van der Waals surface area contributed by atoms with Crippen molar-refractivity contribution in [1.82, 2.24) is 15.1 Å². The van der Waals surface area contributed by atoms with Crippen molar-refractivity contribution in [2.24, 2.45) is 11.3 Å². The van der Waals surface area contributed by atoms with Crippen molar-refractivity contribution in [2.75, 3.05) is 39.3 Å². The molecule has 5 nitrogen and oxygen atoms in total. The molecule has 0 aromatic heterocycles. The van der Waals surface area contributed by atoms with Crippen LogP contribution in [0, 0.1) is 11.3 Å². The Morgan fingerprint density at radius 3 is 2.24 bits per heavy atom. The molecule has 0 bridgehead atoms. The summed E-state index contributed by atoms with van der Waals surface area (Å²) in [6.07, 6.45) is 0.353. The van der Waals surface area contributed by atoms with E-state index in [1.165, 1.54) is 0 Å². The van der Waals surface area contributed by atoms with Gasteiger partial charge in [0.05, 0.1) is 6.10 Å². The third kappa shape index (κ3) is 7.14. The van der Waals surface area contributed by atoms with Crippen LogP contribution in [0.25, 0.3) is 0 Å². The number of amides is 2. The molecule has 1 fully saturated rings. The fraction of sp³-hybridized carbons (Fsp3) is 0.938. The van der Waals surface area contributed by atoms with Gasteiger partial charge in [-0.05, 0) is 24.7 Å². The third-order valence-electron chi connectivity index (χ3n) is 3.85. The number of carbonyl (C=O) groups excluding carboxylic acids is 1. The van der Waals surface area contributed by atoms with Crippen LogP contribution in [0.1, 0.15) is 41.0 Å². The van der Waals surface area contributed by atoms with Crippen LogP contribution in [0.3, 0.4) is 0 Å². The standard InChI is InChI=1S/C16H33N3O2/c1-13(2)11-18-6-8-19(9-7-18)15(21)17-12-16(4,5)10-14(3)20/h13-14,20H,6-12H2,1-5H3,(H,17,21). The van der Waals surface area contributed by atoms with Crippen LogP contribution in [0.15, 0.2) is 0 Å². The Morgan fingerprint density at radius 1 is 1.19 bits per heavy atom. The van der Waals surface area contributed by atoms with Gasteiger partial charge in [0.2, 0.25) is 0 Å². The van der Waals surface area contributed by atoms with E-state index in [9.17, 15) is 9.90 Å². The Labute approximate surface area is 129 Å². The number of hydrogen-bond donors (Lipinski definition) is 2. The molecule has 1 unspecified atom stereocenters. The van der Waals surface area contributed by atoms with Gasteiger partial charge in [-0.25, -0.2) is 4.79 Å². The lowest BCUT2D eigenvalue weighted by Crippen LogP contribution is -2.53. The zero-order chi connectivity index (χ0) is 16.0. The molecule has 0 saturated carbocycles. The van der Waals surface area contributed by atoms with Gasteiger partial charge in [0.25, 0.3) is 0 Å².